The Morgan fingerprint density at radius 2 is 1.43 bits per heavy atom. The van der Waals surface area contributed by atoms with Crippen LogP contribution in [0.5, 0.6) is 0 Å². The SMILES string of the molecule is OC1CC(O)N2CC(O)C(O)C2C1O. The summed E-state index contributed by atoms with van der Waals surface area (Å²) in [6.45, 7) is 0.122. The number of hydrogen-bond acceptors (Lipinski definition) is 6. The van der Waals surface area contributed by atoms with Crippen molar-refractivity contribution >= 4 is 0 Å². The average molecular weight is 205 g/mol. The highest BCUT2D eigenvalue weighted by molar-refractivity contribution is 5.03. The molecule has 2 rings (SSSR count). The molecule has 2 fully saturated rings. The van der Waals surface area contributed by atoms with E-state index < -0.39 is 36.7 Å². The van der Waals surface area contributed by atoms with Gasteiger partial charge in [-0.3, -0.25) is 4.90 Å². The molecule has 2 heterocycles. The van der Waals surface area contributed by atoms with Crippen LogP contribution in [0.3, 0.4) is 0 Å². The molecule has 6 nitrogen and oxygen atoms in total. The molecule has 14 heavy (non-hydrogen) atoms. The third-order valence-corrected chi connectivity index (χ3v) is 3.10. The summed E-state index contributed by atoms with van der Waals surface area (Å²) < 4.78 is 0. The van der Waals surface area contributed by atoms with Crippen molar-refractivity contribution in [2.75, 3.05) is 6.54 Å². The minimum Gasteiger partial charge on any atom is -0.390 e. The Morgan fingerprint density at radius 1 is 0.857 bits per heavy atom. The Balaban J connectivity index is 2.21. The monoisotopic (exact) mass is 205 g/mol. The maximum absolute atomic E-state index is 9.58. The zero-order valence-electron chi connectivity index (χ0n) is 7.56. The van der Waals surface area contributed by atoms with Crippen molar-refractivity contribution in [2.24, 2.45) is 0 Å². The molecule has 0 radical (unpaired) electrons. The van der Waals surface area contributed by atoms with Gasteiger partial charge >= 0.3 is 0 Å². The summed E-state index contributed by atoms with van der Waals surface area (Å²) in [5.41, 5.74) is 0. The lowest BCUT2D eigenvalue weighted by molar-refractivity contribution is -0.156. The van der Waals surface area contributed by atoms with Crippen LogP contribution in [0, 0.1) is 0 Å². The first kappa shape index (κ1) is 10.3. The van der Waals surface area contributed by atoms with E-state index in [1.54, 1.807) is 0 Å². The Morgan fingerprint density at radius 3 is 2.07 bits per heavy atom. The molecule has 0 aromatic heterocycles. The van der Waals surface area contributed by atoms with Gasteiger partial charge in [-0.15, -0.1) is 0 Å². The fourth-order valence-electron chi connectivity index (χ4n) is 2.31. The van der Waals surface area contributed by atoms with Crippen LogP contribution in [0.4, 0.5) is 0 Å². The van der Waals surface area contributed by atoms with Gasteiger partial charge in [0.15, 0.2) is 0 Å². The van der Waals surface area contributed by atoms with Gasteiger partial charge in [-0.05, 0) is 0 Å². The van der Waals surface area contributed by atoms with E-state index in [2.05, 4.69) is 0 Å². The summed E-state index contributed by atoms with van der Waals surface area (Å²) in [5.74, 6) is 0. The summed E-state index contributed by atoms with van der Waals surface area (Å²) in [5, 5.41) is 47.4. The lowest BCUT2D eigenvalue weighted by Gasteiger charge is -2.41. The van der Waals surface area contributed by atoms with Gasteiger partial charge in [0.25, 0.3) is 0 Å². The topological polar surface area (TPSA) is 104 Å². The maximum atomic E-state index is 9.58. The van der Waals surface area contributed by atoms with Crippen molar-refractivity contribution in [3.05, 3.63) is 0 Å². The second-order valence-electron chi connectivity index (χ2n) is 4.02. The third kappa shape index (κ3) is 1.35. The van der Waals surface area contributed by atoms with E-state index in [0.29, 0.717) is 0 Å². The molecule has 0 aromatic rings. The van der Waals surface area contributed by atoms with Crippen molar-refractivity contribution < 1.29 is 25.5 Å². The molecule has 6 atom stereocenters. The van der Waals surface area contributed by atoms with E-state index in [1.165, 1.54) is 4.90 Å². The minimum absolute atomic E-state index is 0.0388. The van der Waals surface area contributed by atoms with Gasteiger partial charge in [-0.25, -0.2) is 0 Å². The van der Waals surface area contributed by atoms with Crippen molar-refractivity contribution in [3.8, 4) is 0 Å². The predicted molar refractivity (Wildman–Crippen MR) is 45.1 cm³/mol. The second kappa shape index (κ2) is 3.41. The van der Waals surface area contributed by atoms with Crippen LogP contribution in [-0.2, 0) is 0 Å². The number of nitrogens with zero attached hydrogens (tertiary/aromatic N) is 1. The zero-order valence-corrected chi connectivity index (χ0v) is 7.56. The maximum Gasteiger partial charge on any atom is 0.110 e. The molecule has 82 valence electrons. The Bertz CT molecular complexity index is 226. The van der Waals surface area contributed by atoms with E-state index in [-0.39, 0.29) is 13.0 Å². The van der Waals surface area contributed by atoms with Crippen LogP contribution in [0.1, 0.15) is 6.42 Å². The van der Waals surface area contributed by atoms with E-state index in [9.17, 15) is 25.5 Å². The van der Waals surface area contributed by atoms with Crippen molar-refractivity contribution in [1.82, 2.24) is 4.90 Å². The van der Waals surface area contributed by atoms with Crippen LogP contribution in [-0.4, -0.2) is 73.7 Å². The van der Waals surface area contributed by atoms with Gasteiger partial charge < -0.3 is 25.5 Å². The van der Waals surface area contributed by atoms with E-state index >= 15 is 0 Å². The standard InChI is InChI=1S/C8H15NO5/c10-3-1-5(12)9-2-4(11)8(14)6(9)7(3)13/h3-8,10-14H,1-2H2. The number of rotatable bonds is 0. The fourth-order valence-corrected chi connectivity index (χ4v) is 2.31. The lowest BCUT2D eigenvalue weighted by Crippen LogP contribution is -2.59. The lowest BCUT2D eigenvalue weighted by atomic mass is 9.93. The molecule has 2 aliphatic heterocycles. The largest absolute Gasteiger partial charge is 0.390 e. The van der Waals surface area contributed by atoms with Crippen molar-refractivity contribution in [3.63, 3.8) is 0 Å². The van der Waals surface area contributed by atoms with Crippen molar-refractivity contribution in [2.45, 2.75) is 43.1 Å². The molecular weight excluding hydrogens is 190 g/mol. The second-order valence-corrected chi connectivity index (χ2v) is 4.02. The fraction of sp³-hybridized carbons (Fsp3) is 1.00. The highest BCUT2D eigenvalue weighted by atomic mass is 16.4. The molecule has 0 saturated carbocycles. The summed E-state index contributed by atoms with van der Waals surface area (Å²) in [6, 6.07) is -0.774. The Labute approximate surface area is 81.0 Å². The van der Waals surface area contributed by atoms with Gasteiger partial charge in [-0.2, -0.15) is 0 Å². The average Bonchev–Trinajstić information content (AvgIpc) is 2.41. The van der Waals surface area contributed by atoms with E-state index in [4.69, 9.17) is 0 Å². The van der Waals surface area contributed by atoms with Gasteiger partial charge in [0.2, 0.25) is 0 Å². The molecule has 0 spiro atoms. The molecule has 0 bridgehead atoms. The molecule has 6 heteroatoms. The molecule has 2 aliphatic rings. The first-order valence-electron chi connectivity index (χ1n) is 4.68. The first-order chi connectivity index (χ1) is 6.52. The summed E-state index contributed by atoms with van der Waals surface area (Å²) in [7, 11) is 0. The van der Waals surface area contributed by atoms with Crippen LogP contribution in [0.25, 0.3) is 0 Å². The van der Waals surface area contributed by atoms with Crippen LogP contribution in [0.15, 0.2) is 0 Å². The highest BCUT2D eigenvalue weighted by Gasteiger charge is 2.51. The molecular formula is C8H15NO5. The smallest absolute Gasteiger partial charge is 0.110 e. The third-order valence-electron chi connectivity index (χ3n) is 3.10. The summed E-state index contributed by atoms with van der Waals surface area (Å²) >= 11 is 0. The molecule has 6 unspecified atom stereocenters. The number of aliphatic hydroxyl groups excluding tert-OH is 5. The van der Waals surface area contributed by atoms with E-state index in [1.807, 2.05) is 0 Å². The van der Waals surface area contributed by atoms with Crippen molar-refractivity contribution in [1.29, 1.82) is 0 Å². The van der Waals surface area contributed by atoms with E-state index in [0.717, 1.165) is 0 Å². The quantitative estimate of drug-likeness (QED) is 0.286. The zero-order chi connectivity index (χ0) is 10.5. The molecule has 5 N–H and O–H groups in total. The summed E-state index contributed by atoms with van der Waals surface area (Å²) in [6.07, 6.45) is -5.14. The highest BCUT2D eigenvalue weighted by Crippen LogP contribution is 2.31. The normalized spacial score (nSPS) is 54.6. The van der Waals surface area contributed by atoms with Crippen LogP contribution >= 0.6 is 0 Å². The molecule has 0 amide bonds. The van der Waals surface area contributed by atoms with Gasteiger partial charge in [0.1, 0.15) is 6.23 Å². The van der Waals surface area contributed by atoms with Gasteiger partial charge in [-0.1, -0.05) is 0 Å². The molecule has 2 saturated heterocycles. The number of piperidine rings is 1. The molecule has 0 aliphatic carbocycles. The molecule has 0 aromatic carbocycles. The predicted octanol–water partition coefficient (Wildman–Crippen LogP) is -3.16. The number of hydrogen-bond donors (Lipinski definition) is 5. The first-order valence-corrected chi connectivity index (χ1v) is 4.68. The number of fused-ring (bicyclic) bond motifs is 1. The van der Waals surface area contributed by atoms with Gasteiger partial charge in [0.05, 0.1) is 30.5 Å². The van der Waals surface area contributed by atoms with Crippen LogP contribution in [0.2, 0.25) is 0 Å². The van der Waals surface area contributed by atoms with Gasteiger partial charge in [0, 0.05) is 13.0 Å². The Kier molecular flexibility index (Phi) is 2.50. The Hall–Kier alpha value is -0.240. The van der Waals surface area contributed by atoms with Crippen LogP contribution < -0.4 is 0 Å². The number of aliphatic hydroxyl groups is 5. The summed E-state index contributed by atoms with van der Waals surface area (Å²) in [4.78, 5) is 1.42. The minimum atomic E-state index is -1.12.